The molecule has 22 heavy (non-hydrogen) atoms. The fourth-order valence-corrected chi connectivity index (χ4v) is 2.25. The number of fused-ring (bicyclic) bond motifs is 1. The van der Waals surface area contributed by atoms with E-state index in [0.29, 0.717) is 17.6 Å². The van der Waals surface area contributed by atoms with Crippen LogP contribution in [-0.2, 0) is 0 Å². The molecule has 106 valence electrons. The third-order valence-electron chi connectivity index (χ3n) is 3.32. The predicted molar refractivity (Wildman–Crippen MR) is 80.5 cm³/mol. The number of halogens is 1. The van der Waals surface area contributed by atoms with Crippen molar-refractivity contribution in [3.8, 4) is 17.6 Å². The number of nitrogens with zero attached hydrogens (tertiary/aromatic N) is 1. The van der Waals surface area contributed by atoms with Crippen LogP contribution in [0.3, 0.4) is 0 Å². The summed E-state index contributed by atoms with van der Waals surface area (Å²) in [6.45, 7) is 0. The molecule has 0 aliphatic heterocycles. The number of hydrogen-bond donors (Lipinski definition) is 0. The first-order chi connectivity index (χ1) is 10.7. The zero-order chi connectivity index (χ0) is 15.5. The Morgan fingerprint density at radius 3 is 2.41 bits per heavy atom. The molecule has 0 N–H and O–H groups in total. The van der Waals surface area contributed by atoms with E-state index in [1.807, 2.05) is 24.3 Å². The molecule has 0 amide bonds. The lowest BCUT2D eigenvalue weighted by Gasteiger charge is -2.10. The van der Waals surface area contributed by atoms with Gasteiger partial charge in [0, 0.05) is 16.3 Å². The van der Waals surface area contributed by atoms with Crippen LogP contribution in [0.2, 0.25) is 0 Å². The first kappa shape index (κ1) is 13.8. The molecule has 4 heteroatoms. The molecule has 3 aromatic rings. The number of carbonyl (C=O) groups is 1. The molecular formula is C18H10FNO2. The van der Waals surface area contributed by atoms with Crippen LogP contribution in [0.15, 0.2) is 54.6 Å². The number of ether oxygens (including phenoxy) is 1. The van der Waals surface area contributed by atoms with Crippen LogP contribution in [0.1, 0.15) is 15.9 Å². The summed E-state index contributed by atoms with van der Waals surface area (Å²) in [5.41, 5.74) is 0.772. The molecule has 0 fully saturated rings. The van der Waals surface area contributed by atoms with Gasteiger partial charge in [-0.05, 0) is 30.3 Å². The zero-order valence-corrected chi connectivity index (χ0v) is 11.4. The van der Waals surface area contributed by atoms with Crippen LogP contribution in [0.25, 0.3) is 10.8 Å². The molecule has 3 aromatic carbocycles. The van der Waals surface area contributed by atoms with Gasteiger partial charge in [-0.15, -0.1) is 0 Å². The van der Waals surface area contributed by atoms with E-state index in [4.69, 9.17) is 10.00 Å². The molecule has 0 saturated heterocycles. The smallest absolute Gasteiger partial charge is 0.166 e. The summed E-state index contributed by atoms with van der Waals surface area (Å²) in [5.74, 6) is -0.133. The standard InChI is InChI=1S/C18H10FNO2/c19-16-9-12(11-21)5-7-18(16)22-17-8-6-13(10-20)14-3-1-2-4-15(14)17/h1-9,11H. The van der Waals surface area contributed by atoms with E-state index in [0.717, 1.165) is 16.8 Å². The van der Waals surface area contributed by atoms with Crippen LogP contribution in [0.4, 0.5) is 4.39 Å². The van der Waals surface area contributed by atoms with Gasteiger partial charge in [-0.2, -0.15) is 5.26 Å². The maximum absolute atomic E-state index is 13.9. The SMILES string of the molecule is N#Cc1ccc(Oc2ccc(C=O)cc2F)c2ccccc12. The van der Waals surface area contributed by atoms with Gasteiger partial charge in [0.1, 0.15) is 12.0 Å². The van der Waals surface area contributed by atoms with Gasteiger partial charge in [0.2, 0.25) is 0 Å². The molecular weight excluding hydrogens is 281 g/mol. The largest absolute Gasteiger partial charge is 0.454 e. The lowest BCUT2D eigenvalue weighted by molar-refractivity contribution is 0.112. The molecule has 0 bridgehead atoms. The van der Waals surface area contributed by atoms with E-state index in [2.05, 4.69) is 6.07 Å². The first-order valence-electron chi connectivity index (χ1n) is 6.57. The minimum absolute atomic E-state index is 0.0282. The number of carbonyl (C=O) groups excluding carboxylic acids is 1. The van der Waals surface area contributed by atoms with E-state index in [-0.39, 0.29) is 11.3 Å². The Morgan fingerprint density at radius 1 is 1.00 bits per heavy atom. The summed E-state index contributed by atoms with van der Waals surface area (Å²) in [6.07, 6.45) is 0.573. The number of rotatable bonds is 3. The summed E-state index contributed by atoms with van der Waals surface area (Å²) in [6, 6.07) is 16.7. The molecule has 0 aliphatic carbocycles. The number of benzene rings is 3. The molecule has 0 unspecified atom stereocenters. The van der Waals surface area contributed by atoms with E-state index in [1.54, 1.807) is 12.1 Å². The second-order valence-corrected chi connectivity index (χ2v) is 4.68. The van der Waals surface area contributed by atoms with Gasteiger partial charge in [0.15, 0.2) is 11.6 Å². The minimum atomic E-state index is -0.613. The normalized spacial score (nSPS) is 10.2. The highest BCUT2D eigenvalue weighted by Crippen LogP contribution is 2.33. The number of hydrogen-bond acceptors (Lipinski definition) is 3. The van der Waals surface area contributed by atoms with Crippen molar-refractivity contribution in [2.45, 2.75) is 0 Å². The van der Waals surface area contributed by atoms with Crippen LogP contribution >= 0.6 is 0 Å². The summed E-state index contributed by atoms with van der Waals surface area (Å²) in [7, 11) is 0. The lowest BCUT2D eigenvalue weighted by atomic mass is 10.0. The summed E-state index contributed by atoms with van der Waals surface area (Å²) in [5, 5.41) is 10.6. The van der Waals surface area contributed by atoms with Crippen LogP contribution in [0.5, 0.6) is 11.5 Å². The maximum atomic E-state index is 13.9. The van der Waals surface area contributed by atoms with Crippen molar-refractivity contribution in [3.63, 3.8) is 0 Å². The van der Waals surface area contributed by atoms with E-state index in [9.17, 15) is 9.18 Å². The third kappa shape index (κ3) is 2.40. The Morgan fingerprint density at radius 2 is 1.73 bits per heavy atom. The number of aldehydes is 1. The average Bonchev–Trinajstić information content (AvgIpc) is 2.56. The van der Waals surface area contributed by atoms with Crippen molar-refractivity contribution in [3.05, 3.63) is 71.5 Å². The topological polar surface area (TPSA) is 50.1 Å². The number of nitriles is 1. The minimum Gasteiger partial charge on any atom is -0.454 e. The van der Waals surface area contributed by atoms with Crippen LogP contribution in [0, 0.1) is 17.1 Å². The van der Waals surface area contributed by atoms with Gasteiger partial charge in [0.25, 0.3) is 0 Å². The van der Waals surface area contributed by atoms with Gasteiger partial charge in [-0.3, -0.25) is 4.79 Å². The van der Waals surface area contributed by atoms with Crippen LogP contribution < -0.4 is 4.74 Å². The first-order valence-corrected chi connectivity index (χ1v) is 6.57. The fraction of sp³-hybridized carbons (Fsp3) is 0. The van der Waals surface area contributed by atoms with Crippen molar-refractivity contribution in [1.29, 1.82) is 5.26 Å². The highest BCUT2D eigenvalue weighted by atomic mass is 19.1. The molecule has 0 atom stereocenters. The Bertz CT molecular complexity index is 913. The van der Waals surface area contributed by atoms with Gasteiger partial charge < -0.3 is 4.74 Å². The third-order valence-corrected chi connectivity index (χ3v) is 3.32. The quantitative estimate of drug-likeness (QED) is 0.670. The van der Waals surface area contributed by atoms with Gasteiger partial charge in [0.05, 0.1) is 11.6 Å². The molecule has 0 saturated carbocycles. The van der Waals surface area contributed by atoms with Gasteiger partial charge >= 0.3 is 0 Å². The Balaban J connectivity index is 2.09. The molecule has 0 spiro atoms. The van der Waals surface area contributed by atoms with E-state index in [1.165, 1.54) is 12.1 Å². The predicted octanol–water partition coefficient (Wildman–Crippen LogP) is 4.46. The monoisotopic (exact) mass is 291 g/mol. The van der Waals surface area contributed by atoms with Crippen molar-refractivity contribution >= 4 is 17.1 Å². The highest BCUT2D eigenvalue weighted by Gasteiger charge is 2.10. The molecule has 0 aliphatic rings. The lowest BCUT2D eigenvalue weighted by Crippen LogP contribution is -1.92. The van der Waals surface area contributed by atoms with E-state index < -0.39 is 5.82 Å². The highest BCUT2D eigenvalue weighted by molar-refractivity contribution is 5.93. The van der Waals surface area contributed by atoms with Crippen molar-refractivity contribution in [2.75, 3.05) is 0 Å². The van der Waals surface area contributed by atoms with Gasteiger partial charge in [-0.25, -0.2) is 4.39 Å². The molecule has 0 radical (unpaired) electrons. The van der Waals surface area contributed by atoms with Crippen molar-refractivity contribution < 1.29 is 13.9 Å². The van der Waals surface area contributed by atoms with E-state index >= 15 is 0 Å². The molecule has 0 heterocycles. The average molecular weight is 291 g/mol. The van der Waals surface area contributed by atoms with Gasteiger partial charge in [-0.1, -0.05) is 24.3 Å². The van der Waals surface area contributed by atoms with Crippen LogP contribution in [-0.4, -0.2) is 6.29 Å². The maximum Gasteiger partial charge on any atom is 0.166 e. The zero-order valence-electron chi connectivity index (χ0n) is 11.4. The second-order valence-electron chi connectivity index (χ2n) is 4.68. The molecule has 3 nitrogen and oxygen atoms in total. The van der Waals surface area contributed by atoms with Crippen molar-refractivity contribution in [1.82, 2.24) is 0 Å². The van der Waals surface area contributed by atoms with Crippen molar-refractivity contribution in [2.24, 2.45) is 0 Å². The molecule has 0 aromatic heterocycles. The second kappa shape index (κ2) is 5.66. The Labute approximate surface area is 126 Å². The Kier molecular flexibility index (Phi) is 3.55. The fourth-order valence-electron chi connectivity index (χ4n) is 2.25. The summed E-state index contributed by atoms with van der Waals surface area (Å²) < 4.78 is 19.6. The molecule has 3 rings (SSSR count). The Hall–Kier alpha value is -3.19. The summed E-state index contributed by atoms with van der Waals surface area (Å²) in [4.78, 5) is 10.6. The summed E-state index contributed by atoms with van der Waals surface area (Å²) >= 11 is 0.